The van der Waals surface area contributed by atoms with E-state index < -0.39 is 0 Å². The summed E-state index contributed by atoms with van der Waals surface area (Å²) in [6.45, 7) is 1.90. The largest absolute Gasteiger partial charge is 0.439 e. The molecule has 2 aromatic carbocycles. The summed E-state index contributed by atoms with van der Waals surface area (Å²) in [5.74, 6) is 1.66. The molecule has 0 unspecified atom stereocenters. The van der Waals surface area contributed by atoms with Gasteiger partial charge in [0.05, 0.1) is 11.6 Å². The molecule has 0 aliphatic rings. The number of hydrogen-bond acceptors (Lipinski definition) is 4. The molecule has 3 aromatic rings. The lowest BCUT2D eigenvalue weighted by Gasteiger charge is -2.08. The van der Waals surface area contributed by atoms with Crippen LogP contribution < -0.4 is 4.74 Å². The van der Waals surface area contributed by atoms with Crippen LogP contribution in [-0.2, 0) is 0 Å². The van der Waals surface area contributed by atoms with E-state index in [1.807, 2.05) is 37.3 Å². The number of aromatic nitrogens is 2. The van der Waals surface area contributed by atoms with Gasteiger partial charge in [-0.1, -0.05) is 36.4 Å². The molecule has 0 fully saturated rings. The summed E-state index contributed by atoms with van der Waals surface area (Å²) >= 11 is 0. The Morgan fingerprint density at radius 2 is 1.77 bits per heavy atom. The molecule has 4 heteroatoms. The third-order valence-corrected chi connectivity index (χ3v) is 3.05. The monoisotopic (exact) mass is 287 g/mol. The second-order valence-corrected chi connectivity index (χ2v) is 4.78. The van der Waals surface area contributed by atoms with Gasteiger partial charge in [0.25, 0.3) is 0 Å². The molecule has 0 atom stereocenters. The van der Waals surface area contributed by atoms with Gasteiger partial charge in [-0.05, 0) is 25.1 Å². The Morgan fingerprint density at radius 1 is 0.955 bits per heavy atom. The predicted octanol–water partition coefficient (Wildman–Crippen LogP) is 4.12. The Hall–Kier alpha value is -3.19. The topological polar surface area (TPSA) is 58.8 Å². The first kappa shape index (κ1) is 13.8. The smallest absolute Gasteiger partial charge is 0.223 e. The van der Waals surface area contributed by atoms with E-state index >= 15 is 0 Å². The molecule has 0 N–H and O–H groups in total. The van der Waals surface area contributed by atoms with Crippen molar-refractivity contribution < 1.29 is 4.74 Å². The lowest BCUT2D eigenvalue weighted by atomic mass is 10.2. The van der Waals surface area contributed by atoms with Gasteiger partial charge in [0.1, 0.15) is 5.75 Å². The van der Waals surface area contributed by atoms with E-state index in [9.17, 15) is 0 Å². The van der Waals surface area contributed by atoms with E-state index in [2.05, 4.69) is 16.0 Å². The van der Waals surface area contributed by atoms with Crippen LogP contribution in [0.25, 0.3) is 11.4 Å². The molecule has 0 aliphatic carbocycles. The van der Waals surface area contributed by atoms with Crippen molar-refractivity contribution in [2.75, 3.05) is 0 Å². The highest BCUT2D eigenvalue weighted by Gasteiger charge is 2.07. The van der Waals surface area contributed by atoms with Crippen molar-refractivity contribution in [3.05, 3.63) is 71.9 Å². The second-order valence-electron chi connectivity index (χ2n) is 4.78. The maximum absolute atomic E-state index is 8.93. The van der Waals surface area contributed by atoms with Gasteiger partial charge in [0, 0.05) is 17.3 Å². The van der Waals surface area contributed by atoms with Gasteiger partial charge in [-0.25, -0.2) is 4.98 Å². The van der Waals surface area contributed by atoms with Crippen LogP contribution in [0.5, 0.6) is 11.6 Å². The van der Waals surface area contributed by atoms with Gasteiger partial charge >= 0.3 is 0 Å². The first-order valence-electron chi connectivity index (χ1n) is 6.84. The Labute approximate surface area is 128 Å². The van der Waals surface area contributed by atoms with Crippen LogP contribution in [0.2, 0.25) is 0 Å². The third-order valence-electron chi connectivity index (χ3n) is 3.05. The SMILES string of the molecule is Cc1cc(Oc2cccc(C#N)c2)nc(-c2ccccc2)n1. The number of rotatable bonds is 3. The van der Waals surface area contributed by atoms with E-state index in [0.717, 1.165) is 11.3 Å². The van der Waals surface area contributed by atoms with Crippen LogP contribution in [0.15, 0.2) is 60.7 Å². The number of nitrogens with zero attached hydrogens (tertiary/aromatic N) is 3. The summed E-state index contributed by atoms with van der Waals surface area (Å²) < 4.78 is 5.76. The lowest BCUT2D eigenvalue weighted by Crippen LogP contribution is -1.96. The molecule has 0 amide bonds. The number of aryl methyl sites for hydroxylation is 1. The minimum atomic E-state index is 0.460. The standard InChI is InChI=1S/C18H13N3O/c1-13-10-17(22-16-9-5-6-14(11-16)12-19)21-18(20-13)15-7-3-2-4-8-15/h2-11H,1H3. The molecular formula is C18H13N3O. The van der Waals surface area contributed by atoms with Gasteiger partial charge in [0.2, 0.25) is 5.88 Å². The zero-order chi connectivity index (χ0) is 15.4. The van der Waals surface area contributed by atoms with E-state index in [-0.39, 0.29) is 0 Å². The first-order chi connectivity index (χ1) is 10.7. The van der Waals surface area contributed by atoms with Gasteiger partial charge in [0.15, 0.2) is 5.82 Å². The summed E-state index contributed by atoms with van der Waals surface area (Å²) in [7, 11) is 0. The third kappa shape index (κ3) is 3.10. The zero-order valence-electron chi connectivity index (χ0n) is 12.0. The summed E-state index contributed by atoms with van der Waals surface area (Å²) in [4.78, 5) is 8.87. The average molecular weight is 287 g/mol. The molecule has 0 radical (unpaired) electrons. The van der Waals surface area contributed by atoms with Crippen LogP contribution in [0, 0.1) is 18.3 Å². The molecular weight excluding hydrogens is 274 g/mol. The fourth-order valence-electron chi connectivity index (χ4n) is 2.06. The highest BCUT2D eigenvalue weighted by molar-refractivity contribution is 5.55. The van der Waals surface area contributed by atoms with Crippen molar-refractivity contribution in [1.29, 1.82) is 5.26 Å². The molecule has 1 aromatic heterocycles. The molecule has 0 spiro atoms. The van der Waals surface area contributed by atoms with E-state index in [1.54, 1.807) is 30.3 Å². The Balaban J connectivity index is 1.94. The van der Waals surface area contributed by atoms with Crippen LogP contribution in [0.3, 0.4) is 0 Å². The highest BCUT2D eigenvalue weighted by Crippen LogP contribution is 2.24. The van der Waals surface area contributed by atoms with Gasteiger partial charge < -0.3 is 4.74 Å². The van der Waals surface area contributed by atoms with Crippen LogP contribution in [-0.4, -0.2) is 9.97 Å². The van der Waals surface area contributed by atoms with Gasteiger partial charge in [-0.15, -0.1) is 0 Å². The summed E-state index contributed by atoms with van der Waals surface area (Å²) in [5.41, 5.74) is 2.30. The maximum Gasteiger partial charge on any atom is 0.223 e. The Morgan fingerprint density at radius 3 is 2.55 bits per heavy atom. The van der Waals surface area contributed by atoms with Gasteiger partial charge in [-0.3, -0.25) is 0 Å². The number of hydrogen-bond donors (Lipinski definition) is 0. The van der Waals surface area contributed by atoms with E-state index in [4.69, 9.17) is 10.00 Å². The minimum absolute atomic E-state index is 0.460. The lowest BCUT2D eigenvalue weighted by molar-refractivity contribution is 0.461. The highest BCUT2D eigenvalue weighted by atomic mass is 16.5. The summed E-state index contributed by atoms with van der Waals surface area (Å²) in [6, 6.07) is 20.6. The van der Waals surface area contributed by atoms with E-state index in [1.165, 1.54) is 0 Å². The predicted molar refractivity (Wildman–Crippen MR) is 83.4 cm³/mol. The normalized spacial score (nSPS) is 10.0. The zero-order valence-corrected chi connectivity index (χ0v) is 12.0. The number of benzene rings is 2. The molecule has 0 aliphatic heterocycles. The molecule has 0 bridgehead atoms. The van der Waals surface area contributed by atoms with Crippen molar-refractivity contribution in [1.82, 2.24) is 9.97 Å². The second kappa shape index (κ2) is 6.06. The summed E-state index contributed by atoms with van der Waals surface area (Å²) in [6.07, 6.45) is 0. The van der Waals surface area contributed by atoms with Crippen LogP contribution in [0.1, 0.15) is 11.3 Å². The molecule has 0 saturated carbocycles. The first-order valence-corrected chi connectivity index (χ1v) is 6.84. The van der Waals surface area contributed by atoms with Crippen molar-refractivity contribution in [3.63, 3.8) is 0 Å². The minimum Gasteiger partial charge on any atom is -0.439 e. The quantitative estimate of drug-likeness (QED) is 0.727. The van der Waals surface area contributed by atoms with Crippen molar-refractivity contribution in [3.8, 4) is 29.1 Å². The number of nitriles is 1. The van der Waals surface area contributed by atoms with Gasteiger partial charge in [-0.2, -0.15) is 10.2 Å². The fraction of sp³-hybridized carbons (Fsp3) is 0.0556. The van der Waals surface area contributed by atoms with Crippen molar-refractivity contribution in [2.24, 2.45) is 0 Å². The maximum atomic E-state index is 8.93. The van der Waals surface area contributed by atoms with Crippen LogP contribution >= 0.6 is 0 Å². The average Bonchev–Trinajstić information content (AvgIpc) is 2.55. The molecule has 0 saturated heterocycles. The van der Waals surface area contributed by atoms with Crippen LogP contribution in [0.4, 0.5) is 0 Å². The molecule has 106 valence electrons. The molecule has 4 nitrogen and oxygen atoms in total. The van der Waals surface area contributed by atoms with Crippen molar-refractivity contribution >= 4 is 0 Å². The van der Waals surface area contributed by atoms with Crippen molar-refractivity contribution in [2.45, 2.75) is 6.92 Å². The summed E-state index contributed by atoms with van der Waals surface area (Å²) in [5, 5.41) is 8.93. The molecule has 1 heterocycles. The Bertz CT molecular complexity index is 838. The molecule has 3 rings (SSSR count). The number of ether oxygens (including phenoxy) is 1. The molecule has 22 heavy (non-hydrogen) atoms. The van der Waals surface area contributed by atoms with E-state index in [0.29, 0.717) is 23.0 Å². The Kier molecular flexibility index (Phi) is 3.80. The fourth-order valence-corrected chi connectivity index (χ4v) is 2.06.